The average molecular weight is 222 g/mol. The van der Waals surface area contributed by atoms with E-state index in [0.717, 1.165) is 5.56 Å². The highest BCUT2D eigenvalue weighted by Gasteiger charge is 2.14. The van der Waals surface area contributed by atoms with Crippen molar-refractivity contribution in [2.24, 2.45) is 0 Å². The molecule has 0 aliphatic carbocycles. The van der Waals surface area contributed by atoms with E-state index in [1.807, 2.05) is 30.3 Å². The van der Waals surface area contributed by atoms with Gasteiger partial charge in [0.2, 0.25) is 5.91 Å². The first-order valence-electron chi connectivity index (χ1n) is 4.88. The van der Waals surface area contributed by atoms with E-state index in [0.29, 0.717) is 0 Å². The largest absolute Gasteiger partial charge is 0.481 e. The number of carbonyl (C=O) groups is 2. The maximum Gasteiger partial charge on any atom is 0.305 e. The van der Waals surface area contributed by atoms with Crippen molar-refractivity contribution in [3.8, 4) is 0 Å². The zero-order valence-corrected chi connectivity index (χ0v) is 8.93. The van der Waals surface area contributed by atoms with E-state index in [9.17, 15) is 9.59 Å². The Hall–Kier alpha value is -1.88. The van der Waals surface area contributed by atoms with Gasteiger partial charge in [0.05, 0.1) is 12.5 Å². The Kier molecular flexibility index (Phi) is 4.47. The van der Waals surface area contributed by atoms with Crippen LogP contribution < -0.4 is 10.9 Å². The molecular formula is C11H14N2O3. The van der Waals surface area contributed by atoms with Gasteiger partial charge in [0.25, 0.3) is 0 Å². The van der Waals surface area contributed by atoms with E-state index in [1.54, 1.807) is 0 Å². The van der Waals surface area contributed by atoms with Crippen LogP contribution in [0.1, 0.15) is 24.9 Å². The summed E-state index contributed by atoms with van der Waals surface area (Å²) in [5.41, 5.74) is 5.90. The standard InChI is InChI=1S/C11H14N2O3/c1-8(14)12-13-10(7-11(15)16)9-5-3-2-4-6-9/h2-6,10,13H,7H2,1H3,(H,12,14)(H,15,16). The van der Waals surface area contributed by atoms with Gasteiger partial charge in [0.15, 0.2) is 0 Å². The van der Waals surface area contributed by atoms with Crippen molar-refractivity contribution >= 4 is 11.9 Å². The Labute approximate surface area is 93.4 Å². The monoisotopic (exact) mass is 222 g/mol. The van der Waals surface area contributed by atoms with E-state index < -0.39 is 12.0 Å². The molecule has 1 aromatic rings. The first-order valence-corrected chi connectivity index (χ1v) is 4.88. The molecule has 5 nitrogen and oxygen atoms in total. The fourth-order valence-electron chi connectivity index (χ4n) is 1.30. The topological polar surface area (TPSA) is 78.4 Å². The van der Waals surface area contributed by atoms with Crippen LogP contribution in [-0.2, 0) is 9.59 Å². The predicted molar refractivity (Wildman–Crippen MR) is 58.4 cm³/mol. The van der Waals surface area contributed by atoms with Crippen molar-refractivity contribution in [1.82, 2.24) is 10.9 Å². The molecule has 16 heavy (non-hydrogen) atoms. The van der Waals surface area contributed by atoms with E-state index in [1.165, 1.54) is 6.92 Å². The average Bonchev–Trinajstić information content (AvgIpc) is 2.25. The Balaban J connectivity index is 2.71. The Morgan fingerprint density at radius 2 is 1.94 bits per heavy atom. The molecule has 86 valence electrons. The molecular weight excluding hydrogens is 208 g/mol. The van der Waals surface area contributed by atoms with Crippen LogP contribution in [0.5, 0.6) is 0 Å². The highest BCUT2D eigenvalue weighted by atomic mass is 16.4. The van der Waals surface area contributed by atoms with Gasteiger partial charge in [0.1, 0.15) is 0 Å². The third-order valence-corrected chi connectivity index (χ3v) is 2.00. The van der Waals surface area contributed by atoms with Gasteiger partial charge in [-0.1, -0.05) is 30.3 Å². The van der Waals surface area contributed by atoms with Crippen molar-refractivity contribution in [2.75, 3.05) is 0 Å². The van der Waals surface area contributed by atoms with E-state index in [4.69, 9.17) is 5.11 Å². The third-order valence-electron chi connectivity index (χ3n) is 2.00. The van der Waals surface area contributed by atoms with Crippen LogP contribution in [0, 0.1) is 0 Å². The second-order valence-corrected chi connectivity index (χ2v) is 3.39. The summed E-state index contributed by atoms with van der Waals surface area (Å²) in [7, 11) is 0. The quantitative estimate of drug-likeness (QED) is 0.645. The summed E-state index contributed by atoms with van der Waals surface area (Å²) >= 11 is 0. The number of aliphatic carboxylic acids is 1. The van der Waals surface area contributed by atoms with E-state index >= 15 is 0 Å². The predicted octanol–water partition coefficient (Wildman–Crippen LogP) is 0.843. The summed E-state index contributed by atoms with van der Waals surface area (Å²) in [5.74, 6) is -1.18. The van der Waals surface area contributed by atoms with E-state index in [-0.39, 0.29) is 12.3 Å². The number of carboxylic acid groups (broad SMARTS) is 1. The molecule has 0 bridgehead atoms. The molecule has 0 radical (unpaired) electrons. The summed E-state index contributed by atoms with van der Waals surface area (Å²) in [6, 6.07) is 8.67. The summed E-state index contributed by atoms with van der Waals surface area (Å²) < 4.78 is 0. The van der Waals surface area contributed by atoms with Crippen LogP contribution in [0.3, 0.4) is 0 Å². The summed E-state index contributed by atoms with van der Waals surface area (Å²) in [6.45, 7) is 1.36. The molecule has 0 aromatic heterocycles. The van der Waals surface area contributed by atoms with Crippen LogP contribution in [0.4, 0.5) is 0 Å². The molecule has 0 aliphatic heterocycles. The Morgan fingerprint density at radius 1 is 1.31 bits per heavy atom. The van der Waals surface area contributed by atoms with Gasteiger partial charge >= 0.3 is 5.97 Å². The zero-order chi connectivity index (χ0) is 12.0. The minimum absolute atomic E-state index is 0.0930. The lowest BCUT2D eigenvalue weighted by Gasteiger charge is -2.17. The molecule has 1 atom stereocenters. The molecule has 0 aliphatic rings. The minimum atomic E-state index is -0.924. The number of hydrogen-bond donors (Lipinski definition) is 3. The van der Waals surface area contributed by atoms with Crippen LogP contribution in [0.25, 0.3) is 0 Å². The lowest BCUT2D eigenvalue weighted by Crippen LogP contribution is -2.39. The molecule has 1 amide bonds. The van der Waals surface area contributed by atoms with Gasteiger partial charge in [-0.3, -0.25) is 15.0 Å². The Bertz CT molecular complexity index is 365. The van der Waals surface area contributed by atoms with Gasteiger partial charge in [-0.05, 0) is 5.56 Å². The number of carboxylic acids is 1. The summed E-state index contributed by atoms with van der Waals surface area (Å²) in [6.07, 6.45) is -0.0930. The first kappa shape index (κ1) is 12.2. The fraction of sp³-hybridized carbons (Fsp3) is 0.273. The smallest absolute Gasteiger partial charge is 0.305 e. The number of benzene rings is 1. The molecule has 1 aromatic carbocycles. The third kappa shape index (κ3) is 4.10. The molecule has 5 heteroatoms. The molecule has 0 saturated heterocycles. The molecule has 0 fully saturated rings. The number of carbonyl (C=O) groups excluding carboxylic acids is 1. The molecule has 3 N–H and O–H groups in total. The van der Waals surface area contributed by atoms with Crippen LogP contribution in [-0.4, -0.2) is 17.0 Å². The first-order chi connectivity index (χ1) is 7.59. The van der Waals surface area contributed by atoms with Crippen molar-refractivity contribution in [3.63, 3.8) is 0 Å². The zero-order valence-electron chi connectivity index (χ0n) is 8.93. The Morgan fingerprint density at radius 3 is 2.44 bits per heavy atom. The lowest BCUT2D eigenvalue weighted by atomic mass is 10.0. The van der Waals surface area contributed by atoms with E-state index in [2.05, 4.69) is 10.9 Å². The van der Waals surface area contributed by atoms with Crippen LogP contribution in [0.15, 0.2) is 30.3 Å². The number of hydrazine groups is 1. The molecule has 1 unspecified atom stereocenters. The van der Waals surface area contributed by atoms with Crippen molar-refractivity contribution in [2.45, 2.75) is 19.4 Å². The van der Waals surface area contributed by atoms with Gasteiger partial charge < -0.3 is 5.11 Å². The minimum Gasteiger partial charge on any atom is -0.481 e. The lowest BCUT2D eigenvalue weighted by molar-refractivity contribution is -0.138. The van der Waals surface area contributed by atoms with Crippen molar-refractivity contribution in [3.05, 3.63) is 35.9 Å². The highest BCUT2D eigenvalue weighted by molar-refractivity contribution is 5.72. The van der Waals surface area contributed by atoms with Gasteiger partial charge in [-0.15, -0.1) is 0 Å². The van der Waals surface area contributed by atoms with Gasteiger partial charge in [0, 0.05) is 6.92 Å². The van der Waals surface area contributed by atoms with Gasteiger partial charge in [-0.2, -0.15) is 0 Å². The van der Waals surface area contributed by atoms with Crippen molar-refractivity contribution < 1.29 is 14.7 Å². The molecule has 0 spiro atoms. The van der Waals surface area contributed by atoms with Crippen LogP contribution in [0.2, 0.25) is 0 Å². The second kappa shape index (κ2) is 5.87. The number of hydrogen-bond acceptors (Lipinski definition) is 3. The van der Waals surface area contributed by atoms with Gasteiger partial charge in [-0.25, -0.2) is 5.43 Å². The van der Waals surface area contributed by atoms with Crippen LogP contribution >= 0.6 is 0 Å². The van der Waals surface area contributed by atoms with Crippen molar-refractivity contribution in [1.29, 1.82) is 0 Å². The maximum absolute atomic E-state index is 10.7. The molecule has 0 heterocycles. The number of amides is 1. The maximum atomic E-state index is 10.7. The second-order valence-electron chi connectivity index (χ2n) is 3.39. The summed E-state index contributed by atoms with van der Waals surface area (Å²) in [5, 5.41) is 8.76. The normalized spacial score (nSPS) is 11.8. The summed E-state index contributed by atoms with van der Waals surface area (Å²) in [4.78, 5) is 21.4. The number of rotatable bonds is 5. The molecule has 1 rings (SSSR count). The fourth-order valence-corrected chi connectivity index (χ4v) is 1.30. The molecule has 0 saturated carbocycles. The SMILES string of the molecule is CC(=O)NNC(CC(=O)O)c1ccccc1. The number of nitrogens with one attached hydrogen (secondary N) is 2. The highest BCUT2D eigenvalue weighted by Crippen LogP contribution is 2.15.